The lowest BCUT2D eigenvalue weighted by Gasteiger charge is -2.33. The van der Waals surface area contributed by atoms with E-state index in [4.69, 9.17) is 0 Å². The molecule has 1 aliphatic heterocycles. The summed E-state index contributed by atoms with van der Waals surface area (Å²) >= 11 is 0. The van der Waals surface area contributed by atoms with Crippen LogP contribution in [-0.4, -0.2) is 46.6 Å². The molecule has 126 valence electrons. The number of β-amino-alcohol motifs (C(OH)–C–C–N with tert-alkyl or cyclic N) is 1. The van der Waals surface area contributed by atoms with Gasteiger partial charge in [0, 0.05) is 19.3 Å². The number of amides is 1. The molecule has 5 heteroatoms. The standard InChI is InChI=1S/C18H27N3O2/c1-3-4-7-16(22)13-21-10-5-6-15(12-21)18(23)20-17-9-8-14(2)11-19-17/h3,8-9,11,15-16,22H,1,4-7,10,12-13H2,2H3,(H,19,20,23). The highest BCUT2D eigenvalue weighted by Gasteiger charge is 2.26. The number of aromatic nitrogens is 1. The van der Waals surface area contributed by atoms with Gasteiger partial charge in [0.25, 0.3) is 0 Å². The lowest BCUT2D eigenvalue weighted by Crippen LogP contribution is -2.43. The number of carbonyl (C=O) groups excluding carboxylic acids is 1. The van der Waals surface area contributed by atoms with Crippen molar-refractivity contribution in [3.8, 4) is 0 Å². The SMILES string of the molecule is C=CCCC(O)CN1CCCC(C(=O)Nc2ccc(C)cn2)C1. The highest BCUT2D eigenvalue weighted by atomic mass is 16.3. The van der Waals surface area contributed by atoms with Gasteiger partial charge in [-0.3, -0.25) is 9.69 Å². The van der Waals surface area contributed by atoms with Gasteiger partial charge in [0.1, 0.15) is 5.82 Å². The lowest BCUT2D eigenvalue weighted by atomic mass is 9.96. The zero-order chi connectivity index (χ0) is 16.7. The molecule has 1 aromatic rings. The van der Waals surface area contributed by atoms with Crippen LogP contribution < -0.4 is 5.32 Å². The number of aliphatic hydroxyl groups is 1. The summed E-state index contributed by atoms with van der Waals surface area (Å²) < 4.78 is 0. The van der Waals surface area contributed by atoms with Crippen LogP contribution in [0.15, 0.2) is 31.0 Å². The van der Waals surface area contributed by atoms with Gasteiger partial charge in [-0.1, -0.05) is 12.1 Å². The first kappa shape index (κ1) is 17.6. The highest BCUT2D eigenvalue weighted by molar-refractivity contribution is 5.91. The molecule has 1 fully saturated rings. The number of anilines is 1. The molecule has 1 amide bonds. The zero-order valence-corrected chi connectivity index (χ0v) is 13.9. The summed E-state index contributed by atoms with van der Waals surface area (Å²) in [6.45, 7) is 7.91. The Bertz CT molecular complexity index is 516. The molecule has 0 spiro atoms. The van der Waals surface area contributed by atoms with E-state index in [1.54, 1.807) is 6.20 Å². The second kappa shape index (κ2) is 8.79. The number of aliphatic hydroxyl groups excluding tert-OH is 1. The maximum atomic E-state index is 12.4. The van der Waals surface area contributed by atoms with Gasteiger partial charge in [-0.15, -0.1) is 6.58 Å². The Morgan fingerprint density at radius 2 is 2.43 bits per heavy atom. The summed E-state index contributed by atoms with van der Waals surface area (Å²) in [7, 11) is 0. The Balaban J connectivity index is 1.83. The first-order chi connectivity index (χ1) is 11.1. The van der Waals surface area contributed by atoms with Gasteiger partial charge >= 0.3 is 0 Å². The van der Waals surface area contributed by atoms with Gasteiger partial charge in [0.2, 0.25) is 5.91 Å². The van der Waals surface area contributed by atoms with Gasteiger partial charge in [0.15, 0.2) is 0 Å². The molecule has 2 N–H and O–H groups in total. The fourth-order valence-corrected chi connectivity index (χ4v) is 2.90. The molecule has 1 saturated heterocycles. The van der Waals surface area contributed by atoms with Crippen LogP contribution in [0.25, 0.3) is 0 Å². The van der Waals surface area contributed by atoms with Crippen LogP contribution in [0.5, 0.6) is 0 Å². The number of aryl methyl sites for hydroxylation is 1. The molecule has 0 aromatic carbocycles. The predicted octanol–water partition coefficient (Wildman–Crippen LogP) is 2.37. The number of nitrogens with one attached hydrogen (secondary N) is 1. The van der Waals surface area contributed by atoms with Crippen molar-refractivity contribution in [2.75, 3.05) is 25.0 Å². The third-order valence-electron chi connectivity index (χ3n) is 4.21. The summed E-state index contributed by atoms with van der Waals surface area (Å²) in [6.07, 6.45) is 6.63. The number of rotatable bonds is 7. The first-order valence-corrected chi connectivity index (χ1v) is 8.33. The minimum atomic E-state index is -0.353. The fourth-order valence-electron chi connectivity index (χ4n) is 2.90. The van der Waals surface area contributed by atoms with Gasteiger partial charge < -0.3 is 10.4 Å². The molecule has 0 aliphatic carbocycles. The maximum Gasteiger partial charge on any atom is 0.229 e. The Morgan fingerprint density at radius 3 is 3.13 bits per heavy atom. The summed E-state index contributed by atoms with van der Waals surface area (Å²) in [4.78, 5) is 18.8. The van der Waals surface area contributed by atoms with Crippen LogP contribution in [0, 0.1) is 12.8 Å². The molecule has 0 radical (unpaired) electrons. The minimum Gasteiger partial charge on any atom is -0.392 e. The topological polar surface area (TPSA) is 65.5 Å². The van der Waals surface area contributed by atoms with E-state index < -0.39 is 0 Å². The summed E-state index contributed by atoms with van der Waals surface area (Å²) in [5.41, 5.74) is 1.07. The van der Waals surface area contributed by atoms with E-state index in [0.717, 1.165) is 37.8 Å². The number of hydrogen-bond donors (Lipinski definition) is 2. The van der Waals surface area contributed by atoms with Crippen molar-refractivity contribution < 1.29 is 9.90 Å². The number of nitrogens with zero attached hydrogens (tertiary/aromatic N) is 2. The molecular formula is C18H27N3O2. The van der Waals surface area contributed by atoms with Crippen LogP contribution >= 0.6 is 0 Å². The van der Waals surface area contributed by atoms with Crippen molar-refractivity contribution in [2.24, 2.45) is 5.92 Å². The van der Waals surface area contributed by atoms with Crippen LogP contribution in [0.2, 0.25) is 0 Å². The van der Waals surface area contributed by atoms with Gasteiger partial charge in [-0.25, -0.2) is 4.98 Å². The Kier molecular flexibility index (Phi) is 6.74. The second-order valence-corrected chi connectivity index (χ2v) is 6.33. The van der Waals surface area contributed by atoms with E-state index in [1.807, 2.05) is 25.1 Å². The molecule has 2 unspecified atom stereocenters. The number of carbonyl (C=O) groups is 1. The van der Waals surface area contributed by atoms with Crippen LogP contribution in [0.1, 0.15) is 31.2 Å². The fraction of sp³-hybridized carbons (Fsp3) is 0.556. The quantitative estimate of drug-likeness (QED) is 0.758. The maximum absolute atomic E-state index is 12.4. The summed E-state index contributed by atoms with van der Waals surface area (Å²) in [5, 5.41) is 12.9. The number of allylic oxidation sites excluding steroid dienone is 1. The first-order valence-electron chi connectivity index (χ1n) is 8.33. The average molecular weight is 317 g/mol. The number of piperidine rings is 1. The van der Waals surface area contributed by atoms with Gasteiger partial charge in [-0.2, -0.15) is 0 Å². The van der Waals surface area contributed by atoms with E-state index >= 15 is 0 Å². The van der Waals surface area contributed by atoms with Crippen molar-refractivity contribution in [3.05, 3.63) is 36.5 Å². The lowest BCUT2D eigenvalue weighted by molar-refractivity contribution is -0.121. The minimum absolute atomic E-state index is 0.0200. The molecule has 0 bridgehead atoms. The molecule has 2 heterocycles. The van der Waals surface area contributed by atoms with Crippen molar-refractivity contribution in [3.63, 3.8) is 0 Å². The third kappa shape index (κ3) is 5.77. The molecule has 5 nitrogen and oxygen atoms in total. The monoisotopic (exact) mass is 317 g/mol. The smallest absolute Gasteiger partial charge is 0.229 e. The molecular weight excluding hydrogens is 290 g/mol. The molecule has 2 atom stereocenters. The third-order valence-corrected chi connectivity index (χ3v) is 4.21. The van der Waals surface area contributed by atoms with E-state index in [2.05, 4.69) is 21.8 Å². The molecule has 23 heavy (non-hydrogen) atoms. The molecule has 1 aromatic heterocycles. The number of likely N-dealkylation sites (tertiary alicyclic amines) is 1. The average Bonchev–Trinajstić information content (AvgIpc) is 2.55. The Morgan fingerprint density at radius 1 is 1.61 bits per heavy atom. The van der Waals surface area contributed by atoms with E-state index in [1.165, 1.54) is 0 Å². The number of hydrogen-bond acceptors (Lipinski definition) is 4. The van der Waals surface area contributed by atoms with Crippen molar-refractivity contribution in [2.45, 2.75) is 38.7 Å². The van der Waals surface area contributed by atoms with Crippen LogP contribution in [0.4, 0.5) is 5.82 Å². The van der Waals surface area contributed by atoms with Crippen molar-refractivity contribution in [1.82, 2.24) is 9.88 Å². The largest absolute Gasteiger partial charge is 0.392 e. The predicted molar refractivity (Wildman–Crippen MR) is 92.2 cm³/mol. The Labute approximate surface area is 138 Å². The number of pyridine rings is 1. The van der Waals surface area contributed by atoms with Gasteiger partial charge in [-0.05, 0) is 50.8 Å². The summed E-state index contributed by atoms with van der Waals surface area (Å²) in [5.74, 6) is 0.578. The molecule has 0 saturated carbocycles. The van der Waals surface area contributed by atoms with E-state index in [0.29, 0.717) is 18.9 Å². The Hall–Kier alpha value is -1.72. The second-order valence-electron chi connectivity index (χ2n) is 6.33. The van der Waals surface area contributed by atoms with Crippen molar-refractivity contribution in [1.29, 1.82) is 0 Å². The van der Waals surface area contributed by atoms with Crippen LogP contribution in [-0.2, 0) is 4.79 Å². The van der Waals surface area contributed by atoms with E-state index in [-0.39, 0.29) is 17.9 Å². The normalized spacial score (nSPS) is 20.0. The molecule has 2 rings (SSSR count). The van der Waals surface area contributed by atoms with E-state index in [9.17, 15) is 9.90 Å². The molecule has 1 aliphatic rings. The zero-order valence-electron chi connectivity index (χ0n) is 13.9. The van der Waals surface area contributed by atoms with Crippen LogP contribution in [0.3, 0.4) is 0 Å². The van der Waals surface area contributed by atoms with Crippen molar-refractivity contribution >= 4 is 11.7 Å². The summed E-state index contributed by atoms with van der Waals surface area (Å²) in [6, 6.07) is 3.76. The highest BCUT2D eigenvalue weighted by Crippen LogP contribution is 2.19. The van der Waals surface area contributed by atoms with Gasteiger partial charge in [0.05, 0.1) is 12.0 Å².